The lowest BCUT2D eigenvalue weighted by atomic mass is 9.98. The average Bonchev–Trinajstić information content (AvgIpc) is 2.94. The van der Waals surface area contributed by atoms with Crippen molar-refractivity contribution in [1.29, 1.82) is 0 Å². The highest BCUT2D eigenvalue weighted by Gasteiger charge is 2.52. The molecule has 5 atom stereocenters. The van der Waals surface area contributed by atoms with Gasteiger partial charge in [0.15, 0.2) is 24.6 Å². The van der Waals surface area contributed by atoms with Crippen molar-refractivity contribution >= 4 is 30.0 Å². The van der Waals surface area contributed by atoms with Gasteiger partial charge in [-0.25, -0.2) is 4.79 Å². The normalized spacial score (nSPS) is 21.3. The van der Waals surface area contributed by atoms with Crippen LogP contribution >= 0.6 is 0 Å². The summed E-state index contributed by atoms with van der Waals surface area (Å²) in [6.45, 7) is 5.38. The zero-order valence-corrected chi connectivity index (χ0v) is 24.6. The molecule has 0 radical (unpaired) electrons. The predicted molar refractivity (Wildman–Crippen MR) is 144 cm³/mol. The Balaban J connectivity index is 1.78. The van der Waals surface area contributed by atoms with E-state index in [-0.39, 0.29) is 52.8 Å². The molecule has 15 heteroatoms. The van der Waals surface area contributed by atoms with Gasteiger partial charge in [0.2, 0.25) is 0 Å². The molecule has 43 heavy (non-hydrogen) atoms. The summed E-state index contributed by atoms with van der Waals surface area (Å²) in [5.41, 5.74) is 0.879. The summed E-state index contributed by atoms with van der Waals surface area (Å²) in [5.74, 6) is -2.82. The molecule has 1 aliphatic heterocycles. The summed E-state index contributed by atoms with van der Waals surface area (Å²) >= 11 is 0. The van der Waals surface area contributed by atoms with Crippen LogP contribution in [0.5, 0.6) is 0 Å². The fourth-order valence-corrected chi connectivity index (χ4v) is 3.87. The second-order valence-electron chi connectivity index (χ2n) is 9.15. The largest absolute Gasteiger partial charge is 0.463 e. The van der Waals surface area contributed by atoms with Gasteiger partial charge in [-0.1, -0.05) is 30.3 Å². The lowest BCUT2D eigenvalue weighted by Gasteiger charge is -2.44. The Morgan fingerprint density at radius 3 is 1.91 bits per heavy atom. The smallest absolute Gasteiger partial charge is 0.407 e. The van der Waals surface area contributed by atoms with Crippen molar-refractivity contribution in [3.63, 3.8) is 0 Å². The molecular formula is C28H39NO14. The first-order chi connectivity index (χ1) is 20.6. The van der Waals surface area contributed by atoms with E-state index in [1.807, 2.05) is 30.3 Å². The van der Waals surface area contributed by atoms with Crippen LogP contribution in [0, 0.1) is 0 Å². The van der Waals surface area contributed by atoms with Crippen molar-refractivity contribution < 1.29 is 66.6 Å². The molecule has 1 heterocycles. The molecule has 1 unspecified atom stereocenters. The Morgan fingerprint density at radius 2 is 1.28 bits per heavy atom. The van der Waals surface area contributed by atoms with Gasteiger partial charge in [0.25, 0.3) is 0 Å². The van der Waals surface area contributed by atoms with E-state index in [9.17, 15) is 24.0 Å². The molecule has 1 fully saturated rings. The Labute approximate surface area is 249 Å². The first-order valence-corrected chi connectivity index (χ1v) is 13.6. The zero-order chi connectivity index (χ0) is 31.6. The van der Waals surface area contributed by atoms with Gasteiger partial charge in [-0.15, -0.1) is 0 Å². The van der Waals surface area contributed by atoms with Gasteiger partial charge in [-0.3, -0.25) is 19.2 Å². The van der Waals surface area contributed by atoms with Gasteiger partial charge in [0, 0.05) is 34.2 Å². The Morgan fingerprint density at radius 1 is 0.698 bits per heavy atom. The van der Waals surface area contributed by atoms with Crippen LogP contribution < -0.4 is 5.32 Å². The topological polar surface area (TPSA) is 180 Å². The fourth-order valence-electron chi connectivity index (χ4n) is 3.87. The standard InChI is InChI=1S/C28H39NO14/c1-18(30)38-17-23-24(40-19(2)31)25(41-20(3)32)26(42-21(4)33)27(43-23)37-15-14-36-13-12-35-11-10-29-28(34)39-16-22-8-6-5-7-9-22/h5-9,23-27H,10-17H2,1-4H3,(H,29,34)/t23-,24-,25+,26+,27?/m1/s1. The summed E-state index contributed by atoms with van der Waals surface area (Å²) in [4.78, 5) is 58.6. The number of rotatable bonds is 17. The van der Waals surface area contributed by atoms with Gasteiger partial charge in [-0.2, -0.15) is 0 Å². The highest BCUT2D eigenvalue weighted by molar-refractivity contribution is 5.69. The summed E-state index contributed by atoms with van der Waals surface area (Å²) in [6, 6.07) is 9.29. The SMILES string of the molecule is CC(=O)OC[C@H]1OC(OCCOCCOCCNC(=O)OCc2ccccc2)[C@@H](OC(C)=O)[C@@H](OC(C)=O)[C@@H]1OC(C)=O. The van der Waals surface area contributed by atoms with Crippen LogP contribution in [-0.4, -0.2) is 107 Å². The molecule has 0 saturated carbocycles. The molecule has 0 aliphatic carbocycles. The molecule has 0 aromatic heterocycles. The van der Waals surface area contributed by atoms with E-state index in [0.717, 1.165) is 26.3 Å². The third kappa shape index (κ3) is 14.3. The van der Waals surface area contributed by atoms with E-state index < -0.39 is 60.7 Å². The van der Waals surface area contributed by atoms with Gasteiger partial charge in [0.1, 0.15) is 19.3 Å². The number of ether oxygens (including phenoxy) is 9. The molecular weight excluding hydrogens is 574 g/mol. The molecule has 240 valence electrons. The molecule has 1 aliphatic rings. The first-order valence-electron chi connectivity index (χ1n) is 13.6. The average molecular weight is 614 g/mol. The number of nitrogens with one attached hydrogen (secondary N) is 1. The van der Waals surface area contributed by atoms with Crippen LogP contribution in [-0.2, 0) is 68.4 Å². The third-order valence-corrected chi connectivity index (χ3v) is 5.56. The number of benzene rings is 1. The van der Waals surface area contributed by atoms with Crippen LogP contribution in [0.3, 0.4) is 0 Å². The predicted octanol–water partition coefficient (Wildman–Crippen LogP) is 1.05. The maximum absolute atomic E-state index is 11.9. The highest BCUT2D eigenvalue weighted by atomic mass is 16.7. The Hall–Kier alpha value is -3.79. The van der Waals surface area contributed by atoms with Crippen LogP contribution in [0.15, 0.2) is 30.3 Å². The number of hydrogen-bond donors (Lipinski definition) is 1. The van der Waals surface area contributed by atoms with E-state index in [2.05, 4.69) is 5.32 Å². The summed E-state index contributed by atoms with van der Waals surface area (Å²) in [5, 5.41) is 2.58. The highest BCUT2D eigenvalue weighted by Crippen LogP contribution is 2.30. The second kappa shape index (κ2) is 19.4. The zero-order valence-electron chi connectivity index (χ0n) is 24.6. The summed E-state index contributed by atoms with van der Waals surface area (Å²) < 4.78 is 48.6. The van der Waals surface area contributed by atoms with Crippen LogP contribution in [0.25, 0.3) is 0 Å². The molecule has 15 nitrogen and oxygen atoms in total. The molecule has 1 amide bonds. The minimum atomic E-state index is -1.32. The molecule has 0 bridgehead atoms. The second-order valence-corrected chi connectivity index (χ2v) is 9.15. The van der Waals surface area contributed by atoms with Gasteiger partial charge >= 0.3 is 30.0 Å². The summed E-state index contributed by atoms with van der Waals surface area (Å²) in [6.07, 6.45) is -6.83. The molecule has 0 spiro atoms. The maximum Gasteiger partial charge on any atom is 0.407 e. The van der Waals surface area contributed by atoms with Crippen molar-refractivity contribution in [2.24, 2.45) is 0 Å². The van der Waals surface area contributed by atoms with Crippen LogP contribution in [0.2, 0.25) is 0 Å². The number of carbonyl (C=O) groups excluding carboxylic acids is 5. The number of alkyl carbamates (subject to hydrolysis) is 1. The molecule has 2 rings (SSSR count). The third-order valence-electron chi connectivity index (χ3n) is 5.56. The van der Waals surface area contributed by atoms with E-state index >= 15 is 0 Å². The molecule has 1 aromatic rings. The van der Waals surface area contributed by atoms with Crippen molar-refractivity contribution in [2.45, 2.75) is 65.0 Å². The van der Waals surface area contributed by atoms with Crippen molar-refractivity contribution in [3.8, 4) is 0 Å². The van der Waals surface area contributed by atoms with E-state index in [4.69, 9.17) is 42.6 Å². The van der Waals surface area contributed by atoms with E-state index in [1.54, 1.807) is 0 Å². The van der Waals surface area contributed by atoms with Crippen LogP contribution in [0.4, 0.5) is 4.79 Å². The number of amides is 1. The first kappa shape index (κ1) is 35.4. The van der Waals surface area contributed by atoms with E-state index in [0.29, 0.717) is 0 Å². The lowest BCUT2D eigenvalue weighted by Crippen LogP contribution is -2.63. The number of esters is 4. The maximum atomic E-state index is 11.9. The monoisotopic (exact) mass is 613 g/mol. The summed E-state index contributed by atoms with van der Waals surface area (Å²) in [7, 11) is 0. The van der Waals surface area contributed by atoms with E-state index in [1.165, 1.54) is 6.92 Å². The molecule has 1 N–H and O–H groups in total. The fraction of sp³-hybridized carbons (Fsp3) is 0.607. The minimum absolute atomic E-state index is 0.0391. The minimum Gasteiger partial charge on any atom is -0.463 e. The van der Waals surface area contributed by atoms with Gasteiger partial charge in [0.05, 0.1) is 33.0 Å². The van der Waals surface area contributed by atoms with Crippen LogP contribution in [0.1, 0.15) is 33.3 Å². The van der Waals surface area contributed by atoms with Gasteiger partial charge in [-0.05, 0) is 5.56 Å². The van der Waals surface area contributed by atoms with Crippen molar-refractivity contribution in [3.05, 3.63) is 35.9 Å². The number of carbonyl (C=O) groups is 5. The Bertz CT molecular complexity index is 1040. The van der Waals surface area contributed by atoms with Crippen molar-refractivity contribution in [2.75, 3.05) is 46.2 Å². The lowest BCUT2D eigenvalue weighted by molar-refractivity contribution is -0.309. The quantitative estimate of drug-likeness (QED) is 0.150. The number of hydrogen-bond acceptors (Lipinski definition) is 14. The Kier molecular flexibility index (Phi) is 16.0. The van der Waals surface area contributed by atoms with Crippen molar-refractivity contribution in [1.82, 2.24) is 5.32 Å². The van der Waals surface area contributed by atoms with Gasteiger partial charge < -0.3 is 47.9 Å². The molecule has 1 saturated heterocycles. The molecule has 1 aromatic carbocycles.